The van der Waals surface area contributed by atoms with Crippen LogP contribution in [0.1, 0.15) is 23.4 Å². The fourth-order valence-corrected chi connectivity index (χ4v) is 4.19. The topological polar surface area (TPSA) is 47.5 Å². The summed E-state index contributed by atoms with van der Waals surface area (Å²) < 4.78 is 12.2. The third-order valence-corrected chi connectivity index (χ3v) is 5.45. The van der Waals surface area contributed by atoms with Gasteiger partial charge < -0.3 is 9.47 Å². The third-order valence-electron chi connectivity index (χ3n) is 4.69. The van der Waals surface area contributed by atoms with E-state index in [1.165, 1.54) is 10.6 Å². The maximum absolute atomic E-state index is 6.15. The summed E-state index contributed by atoms with van der Waals surface area (Å²) in [4.78, 5) is 11.0. The van der Waals surface area contributed by atoms with Gasteiger partial charge in [-0.15, -0.1) is 11.3 Å². The molecule has 2 aromatic heterocycles. The highest BCUT2D eigenvalue weighted by atomic mass is 32.1. The molecule has 122 valence electrons. The van der Waals surface area contributed by atoms with E-state index < -0.39 is 0 Å². The van der Waals surface area contributed by atoms with Gasteiger partial charge in [-0.1, -0.05) is 0 Å². The molecule has 2 aliphatic rings. The van der Waals surface area contributed by atoms with Crippen LogP contribution in [0.15, 0.2) is 36.1 Å². The standard InChI is InChI=1S/C17H21N3O2S/c1-2-15(22-12-13-3-5-18-6-4-13)17-14(1)20(8-9-21-17)11-16-19-7-10-23-16/h3-7,10,14-15,17H,1-2,8-9,11-12H2/t14-,15-,17+/m0/s1. The third kappa shape index (κ3) is 3.45. The van der Waals surface area contributed by atoms with E-state index in [0.717, 1.165) is 32.5 Å². The van der Waals surface area contributed by atoms with Crippen LogP contribution in [0, 0.1) is 0 Å². The molecule has 2 aromatic rings. The number of pyridine rings is 1. The molecule has 3 atom stereocenters. The molecular weight excluding hydrogens is 310 g/mol. The van der Waals surface area contributed by atoms with Gasteiger partial charge in [0.1, 0.15) is 5.01 Å². The molecule has 0 aromatic carbocycles. The summed E-state index contributed by atoms with van der Waals surface area (Å²) in [5.41, 5.74) is 1.17. The average molecular weight is 331 g/mol. The van der Waals surface area contributed by atoms with E-state index in [-0.39, 0.29) is 12.2 Å². The smallest absolute Gasteiger partial charge is 0.107 e. The van der Waals surface area contributed by atoms with Gasteiger partial charge in [0.05, 0.1) is 32.0 Å². The normalized spacial score (nSPS) is 27.9. The van der Waals surface area contributed by atoms with E-state index in [0.29, 0.717) is 12.6 Å². The predicted octanol–water partition coefficient (Wildman–Crippen LogP) is 2.49. The van der Waals surface area contributed by atoms with Crippen LogP contribution < -0.4 is 0 Å². The zero-order chi connectivity index (χ0) is 15.5. The lowest BCUT2D eigenvalue weighted by Gasteiger charge is -2.38. The first kappa shape index (κ1) is 15.2. The Hall–Kier alpha value is -1.34. The summed E-state index contributed by atoms with van der Waals surface area (Å²) in [6.07, 6.45) is 8.07. The molecule has 0 radical (unpaired) electrons. The molecule has 0 bridgehead atoms. The number of nitrogens with zero attached hydrogens (tertiary/aromatic N) is 3. The number of ether oxygens (including phenoxy) is 2. The van der Waals surface area contributed by atoms with Crippen molar-refractivity contribution in [2.45, 2.75) is 44.2 Å². The summed E-state index contributed by atoms with van der Waals surface area (Å²) >= 11 is 1.73. The lowest BCUT2D eigenvalue weighted by molar-refractivity contribution is -0.118. The Morgan fingerprint density at radius 3 is 3.00 bits per heavy atom. The van der Waals surface area contributed by atoms with Gasteiger partial charge in [-0.2, -0.15) is 0 Å². The lowest BCUT2D eigenvalue weighted by atomic mass is 10.1. The van der Waals surface area contributed by atoms with Gasteiger partial charge in [0, 0.05) is 36.6 Å². The first-order valence-electron chi connectivity index (χ1n) is 8.15. The first-order chi connectivity index (χ1) is 11.4. The van der Waals surface area contributed by atoms with Gasteiger partial charge in [0.25, 0.3) is 0 Å². The average Bonchev–Trinajstić information content (AvgIpc) is 3.24. The van der Waals surface area contributed by atoms with Crippen molar-refractivity contribution in [1.29, 1.82) is 0 Å². The fraction of sp³-hybridized carbons (Fsp3) is 0.529. The van der Waals surface area contributed by atoms with Crippen molar-refractivity contribution in [3.8, 4) is 0 Å². The van der Waals surface area contributed by atoms with Crippen LogP contribution in [0.4, 0.5) is 0 Å². The van der Waals surface area contributed by atoms with Crippen molar-refractivity contribution in [1.82, 2.24) is 14.9 Å². The second-order valence-electron chi connectivity index (χ2n) is 6.08. The van der Waals surface area contributed by atoms with Gasteiger partial charge in [0.15, 0.2) is 0 Å². The monoisotopic (exact) mass is 331 g/mol. The minimum atomic E-state index is 0.186. The summed E-state index contributed by atoms with van der Waals surface area (Å²) in [5.74, 6) is 0. The van der Waals surface area contributed by atoms with Gasteiger partial charge in [-0.25, -0.2) is 4.98 Å². The minimum absolute atomic E-state index is 0.186. The SMILES string of the molecule is c1cc(CO[C@H]2CC[C@H]3[C@H]2OCCN3Cc2nccs2)ccn1. The van der Waals surface area contributed by atoms with E-state index in [2.05, 4.69) is 14.9 Å². The summed E-state index contributed by atoms with van der Waals surface area (Å²) in [6, 6.07) is 4.46. The predicted molar refractivity (Wildman–Crippen MR) is 88.1 cm³/mol. The Bertz CT molecular complexity index is 608. The summed E-state index contributed by atoms with van der Waals surface area (Å²) in [5, 5.41) is 3.23. The maximum atomic E-state index is 6.15. The van der Waals surface area contributed by atoms with E-state index in [4.69, 9.17) is 9.47 Å². The largest absolute Gasteiger partial charge is 0.373 e. The number of thiazole rings is 1. The van der Waals surface area contributed by atoms with Crippen molar-refractivity contribution >= 4 is 11.3 Å². The number of aromatic nitrogens is 2. The quantitative estimate of drug-likeness (QED) is 0.842. The fourth-order valence-electron chi connectivity index (χ4n) is 3.55. The van der Waals surface area contributed by atoms with Gasteiger partial charge in [-0.3, -0.25) is 9.88 Å². The Morgan fingerprint density at radius 2 is 2.17 bits per heavy atom. The molecule has 2 fully saturated rings. The Kier molecular flexibility index (Phi) is 4.66. The van der Waals surface area contributed by atoms with Crippen molar-refractivity contribution in [2.24, 2.45) is 0 Å². The van der Waals surface area contributed by atoms with Crippen LogP contribution in [-0.4, -0.2) is 46.3 Å². The highest BCUT2D eigenvalue weighted by Gasteiger charge is 2.43. The minimum Gasteiger partial charge on any atom is -0.373 e. The number of morpholine rings is 1. The van der Waals surface area contributed by atoms with E-state index >= 15 is 0 Å². The second kappa shape index (κ2) is 7.05. The molecular formula is C17H21N3O2S. The molecule has 6 heteroatoms. The van der Waals surface area contributed by atoms with E-state index in [1.54, 1.807) is 11.3 Å². The second-order valence-corrected chi connectivity index (χ2v) is 7.06. The number of hydrogen-bond donors (Lipinski definition) is 0. The van der Waals surface area contributed by atoms with E-state index in [1.807, 2.05) is 36.1 Å². The molecule has 0 amide bonds. The molecule has 23 heavy (non-hydrogen) atoms. The van der Waals surface area contributed by atoms with Gasteiger partial charge >= 0.3 is 0 Å². The summed E-state index contributed by atoms with van der Waals surface area (Å²) in [7, 11) is 0. The molecule has 5 nitrogen and oxygen atoms in total. The highest BCUT2D eigenvalue weighted by molar-refractivity contribution is 7.09. The molecule has 1 saturated carbocycles. The molecule has 0 N–H and O–H groups in total. The van der Waals surface area contributed by atoms with Crippen LogP contribution in [0.3, 0.4) is 0 Å². The van der Waals surface area contributed by atoms with Crippen molar-refractivity contribution in [3.05, 3.63) is 46.7 Å². The molecule has 0 unspecified atom stereocenters. The molecule has 3 heterocycles. The van der Waals surface area contributed by atoms with Crippen molar-refractivity contribution < 1.29 is 9.47 Å². The van der Waals surface area contributed by atoms with E-state index in [9.17, 15) is 0 Å². The zero-order valence-electron chi connectivity index (χ0n) is 13.0. The maximum Gasteiger partial charge on any atom is 0.107 e. The molecule has 1 aliphatic carbocycles. The zero-order valence-corrected chi connectivity index (χ0v) is 13.8. The molecule has 0 spiro atoms. The Labute approximate surface area is 140 Å². The summed E-state index contributed by atoms with van der Waals surface area (Å²) in [6.45, 7) is 3.32. The van der Waals surface area contributed by atoms with Crippen LogP contribution in [0.2, 0.25) is 0 Å². The molecule has 1 aliphatic heterocycles. The van der Waals surface area contributed by atoms with Crippen LogP contribution >= 0.6 is 11.3 Å². The van der Waals surface area contributed by atoms with Crippen molar-refractivity contribution in [2.75, 3.05) is 13.2 Å². The lowest BCUT2D eigenvalue weighted by Crippen LogP contribution is -2.51. The number of rotatable bonds is 5. The highest BCUT2D eigenvalue weighted by Crippen LogP contribution is 2.33. The van der Waals surface area contributed by atoms with Crippen LogP contribution in [-0.2, 0) is 22.6 Å². The molecule has 1 saturated heterocycles. The Morgan fingerprint density at radius 1 is 1.26 bits per heavy atom. The number of fused-ring (bicyclic) bond motifs is 1. The van der Waals surface area contributed by atoms with Gasteiger partial charge in [0.2, 0.25) is 0 Å². The molecule has 4 rings (SSSR count). The number of hydrogen-bond acceptors (Lipinski definition) is 6. The first-order valence-corrected chi connectivity index (χ1v) is 9.02. The van der Waals surface area contributed by atoms with Crippen molar-refractivity contribution in [3.63, 3.8) is 0 Å². The Balaban J connectivity index is 1.37. The van der Waals surface area contributed by atoms with Gasteiger partial charge in [-0.05, 0) is 30.5 Å². The van der Waals surface area contributed by atoms with Crippen LogP contribution in [0.5, 0.6) is 0 Å². The van der Waals surface area contributed by atoms with Crippen LogP contribution in [0.25, 0.3) is 0 Å².